The summed E-state index contributed by atoms with van der Waals surface area (Å²) in [4.78, 5) is 34.5. The van der Waals surface area contributed by atoms with Gasteiger partial charge >= 0.3 is 12.1 Å². The number of thiocarbonyl (C=S) groups is 2. The molecule has 4 N–H and O–H groups in total. The molecule has 0 aliphatic carbocycles. The lowest BCUT2D eigenvalue weighted by atomic mass is 10.3. The number of hydrogen-bond donors (Lipinski definition) is 6. The van der Waals surface area contributed by atoms with Gasteiger partial charge < -0.3 is 21.3 Å². The summed E-state index contributed by atoms with van der Waals surface area (Å²) >= 11 is 19.3. The zero-order valence-electron chi connectivity index (χ0n) is 22.8. The van der Waals surface area contributed by atoms with Crippen LogP contribution in [0.2, 0.25) is 0 Å². The maximum absolute atomic E-state index is 11.4. The first-order chi connectivity index (χ1) is 19.0. The molecule has 4 amide bonds. The predicted octanol–water partition coefficient (Wildman–Crippen LogP) is 4.98. The Morgan fingerprint density at radius 2 is 0.975 bits per heavy atom. The van der Waals surface area contributed by atoms with Crippen LogP contribution in [0.3, 0.4) is 0 Å². The van der Waals surface area contributed by atoms with Gasteiger partial charge in [0, 0.05) is 42.3 Å². The van der Waals surface area contributed by atoms with Crippen LogP contribution < -0.4 is 31.1 Å². The molecule has 0 spiro atoms. The Kier molecular flexibility index (Phi) is 16.4. The maximum atomic E-state index is 11.4. The highest BCUT2D eigenvalue weighted by molar-refractivity contribution is 8.11. The molecule has 4 aromatic rings. The topological polar surface area (TPSA) is 115 Å². The SMILES string of the molecule is CNC(=O)N(C)c1nc2ccccc2s1.CNC(=O)N(C)c1nc2ccccc2s1.CNC(=S)S.CNC(=S)S. The number of urea groups is 2. The molecule has 4 rings (SSSR count). The van der Waals surface area contributed by atoms with Crippen molar-refractivity contribution in [2.45, 2.75) is 0 Å². The van der Waals surface area contributed by atoms with E-state index in [0.29, 0.717) is 18.9 Å². The van der Waals surface area contributed by atoms with Crippen molar-refractivity contribution < 1.29 is 9.59 Å². The van der Waals surface area contributed by atoms with Crippen LogP contribution in [0, 0.1) is 0 Å². The minimum atomic E-state index is -0.158. The smallest absolute Gasteiger partial charge is 0.323 e. The fourth-order valence-electron chi connectivity index (χ4n) is 2.52. The number of benzene rings is 2. The zero-order valence-corrected chi connectivity index (χ0v) is 27.8. The number of carbonyl (C=O) groups is 2. The van der Waals surface area contributed by atoms with Crippen LogP contribution >= 0.6 is 72.4 Å². The van der Waals surface area contributed by atoms with E-state index in [1.54, 1.807) is 42.3 Å². The predicted molar refractivity (Wildman–Crippen MR) is 186 cm³/mol. The van der Waals surface area contributed by atoms with Gasteiger partial charge in [0.25, 0.3) is 0 Å². The fourth-order valence-corrected chi connectivity index (χ4v) is 4.37. The molecule has 0 radical (unpaired) electrons. The number of thiazole rings is 2. The molecule has 2 heterocycles. The molecule has 40 heavy (non-hydrogen) atoms. The number of hydrogen-bond acceptors (Lipinski definition) is 8. The van der Waals surface area contributed by atoms with Gasteiger partial charge in [-0.2, -0.15) is 0 Å². The van der Waals surface area contributed by atoms with Gasteiger partial charge in [-0.25, -0.2) is 19.6 Å². The molecule has 216 valence electrons. The number of amides is 4. The number of aromatic nitrogens is 2. The second-order valence-electron chi connectivity index (χ2n) is 7.27. The van der Waals surface area contributed by atoms with Crippen molar-refractivity contribution in [2.24, 2.45) is 0 Å². The average Bonchev–Trinajstić information content (AvgIpc) is 3.61. The van der Waals surface area contributed by atoms with Crippen molar-refractivity contribution in [3.05, 3.63) is 48.5 Å². The third-order valence-electron chi connectivity index (χ3n) is 4.60. The molecule has 10 nitrogen and oxygen atoms in total. The molecule has 0 unspecified atom stereocenters. The summed E-state index contributed by atoms with van der Waals surface area (Å²) < 4.78 is 3.24. The van der Waals surface area contributed by atoms with Crippen LogP contribution in [-0.2, 0) is 0 Å². The fraction of sp³-hybridized carbons (Fsp3) is 0.250. The zero-order chi connectivity index (χ0) is 30.2. The summed E-state index contributed by atoms with van der Waals surface area (Å²) in [7, 11) is 10.1. The maximum Gasteiger partial charge on any atom is 0.323 e. The molecule has 0 saturated carbocycles. The van der Waals surface area contributed by atoms with E-state index in [1.165, 1.54) is 32.5 Å². The Morgan fingerprint density at radius 1 is 0.675 bits per heavy atom. The van der Waals surface area contributed by atoms with Crippen LogP contribution in [-0.4, -0.2) is 73.0 Å². The first-order valence-corrected chi connectivity index (χ1v) is 14.8. The van der Waals surface area contributed by atoms with Gasteiger partial charge in [-0.1, -0.05) is 71.4 Å². The molecule has 0 aliphatic rings. The van der Waals surface area contributed by atoms with E-state index in [2.05, 4.69) is 80.9 Å². The summed E-state index contributed by atoms with van der Waals surface area (Å²) in [5, 5.41) is 11.8. The molecular formula is C24H32N8O2S6. The first kappa shape index (κ1) is 35.3. The van der Waals surface area contributed by atoms with Gasteiger partial charge in [0.05, 0.1) is 20.4 Å². The average molecular weight is 657 g/mol. The highest BCUT2D eigenvalue weighted by Crippen LogP contribution is 2.28. The van der Waals surface area contributed by atoms with Crippen molar-refractivity contribution in [1.29, 1.82) is 0 Å². The number of rotatable bonds is 2. The highest BCUT2D eigenvalue weighted by atomic mass is 32.1. The van der Waals surface area contributed by atoms with E-state index in [9.17, 15) is 9.59 Å². The monoisotopic (exact) mass is 656 g/mol. The third-order valence-corrected chi connectivity index (χ3v) is 7.68. The van der Waals surface area contributed by atoms with Crippen LogP contribution in [0.1, 0.15) is 0 Å². The van der Waals surface area contributed by atoms with Crippen LogP contribution in [0.5, 0.6) is 0 Å². The third kappa shape index (κ3) is 11.8. The number of nitrogens with zero attached hydrogens (tertiary/aromatic N) is 4. The molecule has 0 saturated heterocycles. The second-order valence-corrected chi connectivity index (χ2v) is 11.6. The lowest BCUT2D eigenvalue weighted by Crippen LogP contribution is -2.34. The number of nitrogens with one attached hydrogen (secondary N) is 4. The van der Waals surface area contributed by atoms with E-state index in [4.69, 9.17) is 0 Å². The lowest BCUT2D eigenvalue weighted by Gasteiger charge is -2.11. The molecule has 0 bridgehead atoms. The summed E-state index contributed by atoms with van der Waals surface area (Å²) in [6.45, 7) is 0. The standard InChI is InChI=1S/2C10H11N3OS.2C2H5NS2/c2*1-11-9(14)13(2)10-12-7-5-3-4-6-8(7)15-10;2*1-3-2(4)5/h2*3-6H,1-2H3,(H,11,14);2*1H3,(H2,3,4,5). The van der Waals surface area contributed by atoms with Crippen molar-refractivity contribution in [1.82, 2.24) is 31.2 Å². The molecule has 2 aromatic heterocycles. The molecule has 0 atom stereocenters. The van der Waals surface area contributed by atoms with E-state index < -0.39 is 0 Å². The molecule has 16 heteroatoms. The second kappa shape index (κ2) is 18.6. The van der Waals surface area contributed by atoms with Crippen molar-refractivity contribution in [3.8, 4) is 0 Å². The number of para-hydroxylation sites is 2. The summed E-state index contributed by atoms with van der Waals surface area (Å²) in [6, 6.07) is 15.3. The Balaban J connectivity index is 0.000000302. The molecule has 0 fully saturated rings. The van der Waals surface area contributed by atoms with Gasteiger partial charge in [0.15, 0.2) is 10.3 Å². The normalized spacial score (nSPS) is 9.40. The summed E-state index contributed by atoms with van der Waals surface area (Å²) in [5.41, 5.74) is 1.85. The Bertz CT molecular complexity index is 1240. The van der Waals surface area contributed by atoms with Crippen molar-refractivity contribution in [3.63, 3.8) is 0 Å². The molecule has 0 aliphatic heterocycles. The quantitative estimate of drug-likeness (QED) is 0.132. The van der Waals surface area contributed by atoms with E-state index in [-0.39, 0.29) is 12.1 Å². The number of anilines is 2. The van der Waals surface area contributed by atoms with E-state index >= 15 is 0 Å². The number of fused-ring (bicyclic) bond motifs is 2. The van der Waals surface area contributed by atoms with Gasteiger partial charge in [-0.3, -0.25) is 9.80 Å². The molecule has 2 aromatic carbocycles. The molecular weight excluding hydrogens is 625 g/mol. The number of thiol groups is 2. The number of carbonyl (C=O) groups excluding carboxylic acids is 2. The van der Waals surface area contributed by atoms with Gasteiger partial charge in [-0.05, 0) is 24.3 Å². The van der Waals surface area contributed by atoms with Crippen molar-refractivity contribution >= 4 is 124 Å². The van der Waals surface area contributed by atoms with Crippen molar-refractivity contribution in [2.75, 3.05) is 52.1 Å². The van der Waals surface area contributed by atoms with Crippen LogP contribution in [0.15, 0.2) is 48.5 Å². The van der Waals surface area contributed by atoms with Gasteiger partial charge in [-0.15, -0.1) is 25.3 Å². The first-order valence-electron chi connectivity index (χ1n) is 11.4. The van der Waals surface area contributed by atoms with Crippen LogP contribution in [0.4, 0.5) is 19.9 Å². The minimum absolute atomic E-state index is 0.158. The Hall–Kier alpha value is -2.76. The Labute approximate surface area is 263 Å². The van der Waals surface area contributed by atoms with E-state index in [0.717, 1.165) is 20.4 Å². The largest absolute Gasteiger partial charge is 0.374 e. The Morgan fingerprint density at radius 3 is 1.23 bits per heavy atom. The van der Waals surface area contributed by atoms with Gasteiger partial charge in [0.1, 0.15) is 8.64 Å². The summed E-state index contributed by atoms with van der Waals surface area (Å²) in [6.07, 6.45) is 0. The summed E-state index contributed by atoms with van der Waals surface area (Å²) in [5.74, 6) is 0. The lowest BCUT2D eigenvalue weighted by molar-refractivity contribution is 0.248. The minimum Gasteiger partial charge on any atom is -0.374 e. The van der Waals surface area contributed by atoms with E-state index in [1.807, 2.05) is 48.5 Å². The highest BCUT2D eigenvalue weighted by Gasteiger charge is 2.14. The van der Waals surface area contributed by atoms with Crippen LogP contribution in [0.25, 0.3) is 20.4 Å². The van der Waals surface area contributed by atoms with Gasteiger partial charge in [0.2, 0.25) is 0 Å².